The number of rotatable bonds is 8. The van der Waals surface area contributed by atoms with Gasteiger partial charge < -0.3 is 9.47 Å². The second-order valence-corrected chi connectivity index (χ2v) is 22.6. The lowest BCUT2D eigenvalue weighted by atomic mass is 9.83. The molecule has 12 aromatic carbocycles. The first-order valence-electron chi connectivity index (χ1n) is 26.7. The molecule has 0 spiro atoms. The van der Waals surface area contributed by atoms with Crippen molar-refractivity contribution in [2.45, 2.75) is 52.4 Å². The summed E-state index contributed by atoms with van der Waals surface area (Å²) in [5.41, 5.74) is 19.0. The van der Waals surface area contributed by atoms with Gasteiger partial charge in [0.25, 0.3) is 0 Å². The lowest BCUT2D eigenvalue weighted by molar-refractivity contribution is 0.591. The quantitative estimate of drug-likeness (QED) is 0.138. The van der Waals surface area contributed by atoms with Crippen molar-refractivity contribution in [1.29, 1.82) is 0 Å². The van der Waals surface area contributed by atoms with Crippen LogP contribution in [0.25, 0.3) is 104 Å². The van der Waals surface area contributed by atoms with Crippen molar-refractivity contribution >= 4 is 71.2 Å². The Morgan fingerprint density at radius 1 is 0.289 bits per heavy atom. The highest BCUT2D eigenvalue weighted by atomic mass is 15.1. The number of nitrogens with zero attached hydrogens (tertiary/aromatic N) is 2. The second-order valence-electron chi connectivity index (χ2n) is 22.6. The number of anilines is 3. The molecule has 1 aromatic heterocycles. The third-order valence-electron chi connectivity index (χ3n) is 15.7. The fourth-order valence-electron chi connectivity index (χ4n) is 11.5. The maximum atomic E-state index is 2.49. The molecule has 0 atom stereocenters. The van der Waals surface area contributed by atoms with Gasteiger partial charge in [0.15, 0.2) is 0 Å². The number of aromatic nitrogens is 1. The van der Waals surface area contributed by atoms with E-state index in [1.54, 1.807) is 0 Å². The van der Waals surface area contributed by atoms with Gasteiger partial charge in [-0.25, -0.2) is 0 Å². The average Bonchev–Trinajstić information content (AvgIpc) is 3.88. The maximum absolute atomic E-state index is 2.49. The van der Waals surface area contributed by atoms with E-state index in [9.17, 15) is 0 Å². The number of hydrogen-bond acceptors (Lipinski definition) is 1. The van der Waals surface area contributed by atoms with Crippen LogP contribution in [0, 0.1) is 0 Å². The van der Waals surface area contributed by atoms with E-state index in [1.165, 1.54) is 110 Å². The topological polar surface area (TPSA) is 8.17 Å². The highest BCUT2D eigenvalue weighted by molar-refractivity contribution is 6.16. The van der Waals surface area contributed by atoms with Crippen molar-refractivity contribution in [3.8, 4) is 50.2 Å². The lowest BCUT2D eigenvalue weighted by Crippen LogP contribution is -2.12. The fraction of sp³-hybridized carbons (Fsp3) is 0.108. The molecule has 0 aliphatic heterocycles. The molecule has 76 heavy (non-hydrogen) atoms. The summed E-state index contributed by atoms with van der Waals surface area (Å²) in [6.45, 7) is 13.9. The van der Waals surface area contributed by atoms with Gasteiger partial charge in [0.05, 0.1) is 11.0 Å². The summed E-state index contributed by atoms with van der Waals surface area (Å²) >= 11 is 0. The molecule has 0 bridgehead atoms. The molecule has 2 nitrogen and oxygen atoms in total. The van der Waals surface area contributed by atoms with E-state index >= 15 is 0 Å². The minimum atomic E-state index is -0.0975. The minimum absolute atomic E-state index is 0.00666. The Hall–Kier alpha value is -8.98. The summed E-state index contributed by atoms with van der Waals surface area (Å²) in [5.74, 6) is 0. The van der Waals surface area contributed by atoms with Crippen molar-refractivity contribution in [2.75, 3.05) is 4.90 Å². The van der Waals surface area contributed by atoms with Crippen LogP contribution in [0.2, 0.25) is 0 Å². The zero-order chi connectivity index (χ0) is 51.7. The molecule has 0 aliphatic carbocycles. The van der Waals surface area contributed by atoms with Gasteiger partial charge in [-0.15, -0.1) is 0 Å². The van der Waals surface area contributed by atoms with E-state index in [0.717, 1.165) is 22.7 Å². The molecule has 0 saturated heterocycles. The molecule has 13 rings (SSSR count). The summed E-state index contributed by atoms with van der Waals surface area (Å²) in [4.78, 5) is 2.42. The summed E-state index contributed by atoms with van der Waals surface area (Å²) in [7, 11) is 0. The Balaban J connectivity index is 0.943. The maximum Gasteiger partial charge on any atom is 0.0550 e. The SMILES string of the molecule is CC(C)(C)c1ccc2c3c(-c4cccc(N(c5ccc(-c6ccc(-c7cccc8ccccc78)cc6)cc5)c5ccc(-c6ccc7c(ccc8ccccc87)c6)cc5)c4)cc(C(C)(C)C)cc3n(-c3ccccc3)c2c1. The Kier molecular flexibility index (Phi) is 11.4. The van der Waals surface area contributed by atoms with Gasteiger partial charge in [-0.2, -0.15) is 0 Å². The molecule has 0 radical (unpaired) electrons. The van der Waals surface area contributed by atoms with Crippen molar-refractivity contribution in [1.82, 2.24) is 4.57 Å². The Labute approximate surface area is 446 Å². The second kappa shape index (κ2) is 18.4. The summed E-state index contributed by atoms with van der Waals surface area (Å²) in [5, 5.41) is 10.1. The van der Waals surface area contributed by atoms with Crippen LogP contribution in [0.15, 0.2) is 255 Å². The third kappa shape index (κ3) is 8.41. The first kappa shape index (κ1) is 46.8. The van der Waals surface area contributed by atoms with Gasteiger partial charge in [-0.3, -0.25) is 0 Å². The summed E-state index contributed by atoms with van der Waals surface area (Å²) in [6.07, 6.45) is 0. The predicted molar refractivity (Wildman–Crippen MR) is 327 cm³/mol. The van der Waals surface area contributed by atoms with E-state index < -0.39 is 0 Å². The molecule has 0 N–H and O–H groups in total. The van der Waals surface area contributed by atoms with Crippen LogP contribution < -0.4 is 4.90 Å². The molecular weight excluding hydrogens is 917 g/mol. The van der Waals surface area contributed by atoms with Crippen LogP contribution in [0.1, 0.15) is 52.7 Å². The van der Waals surface area contributed by atoms with Crippen molar-refractivity contribution < 1.29 is 0 Å². The Morgan fingerprint density at radius 3 is 1.51 bits per heavy atom. The molecule has 0 fully saturated rings. The van der Waals surface area contributed by atoms with Crippen molar-refractivity contribution in [3.05, 3.63) is 266 Å². The number of hydrogen-bond donors (Lipinski definition) is 0. The highest BCUT2D eigenvalue weighted by Crippen LogP contribution is 2.45. The summed E-state index contributed by atoms with van der Waals surface area (Å²) < 4.78 is 2.49. The molecule has 0 aliphatic rings. The first-order valence-corrected chi connectivity index (χ1v) is 26.7. The van der Waals surface area contributed by atoms with Gasteiger partial charge in [-0.1, -0.05) is 224 Å². The number of fused-ring (bicyclic) bond motifs is 7. The van der Waals surface area contributed by atoms with Crippen LogP contribution in [0.5, 0.6) is 0 Å². The normalized spacial score (nSPS) is 12.1. The zero-order valence-corrected chi connectivity index (χ0v) is 44.1. The van der Waals surface area contributed by atoms with Crippen LogP contribution in [0.3, 0.4) is 0 Å². The summed E-state index contributed by atoms with van der Waals surface area (Å²) in [6, 6.07) is 94.6. The minimum Gasteiger partial charge on any atom is -0.310 e. The average molecular weight is 977 g/mol. The molecule has 2 heteroatoms. The Bertz CT molecular complexity index is 4310. The van der Waals surface area contributed by atoms with Gasteiger partial charge in [0.2, 0.25) is 0 Å². The fourth-order valence-corrected chi connectivity index (χ4v) is 11.5. The Morgan fingerprint density at radius 2 is 0.816 bits per heavy atom. The molecular formula is C74H60N2. The van der Waals surface area contributed by atoms with E-state index in [-0.39, 0.29) is 10.8 Å². The molecule has 1 heterocycles. The largest absolute Gasteiger partial charge is 0.310 e. The lowest BCUT2D eigenvalue weighted by Gasteiger charge is -2.27. The monoisotopic (exact) mass is 976 g/mol. The zero-order valence-electron chi connectivity index (χ0n) is 44.1. The number of benzene rings is 12. The van der Waals surface area contributed by atoms with Gasteiger partial charge in [0.1, 0.15) is 0 Å². The van der Waals surface area contributed by atoms with E-state index in [4.69, 9.17) is 0 Å². The first-order chi connectivity index (χ1) is 36.9. The van der Waals surface area contributed by atoms with E-state index in [2.05, 4.69) is 306 Å². The predicted octanol–water partition coefficient (Wildman–Crippen LogP) is 21.0. The van der Waals surface area contributed by atoms with Crippen LogP contribution >= 0.6 is 0 Å². The van der Waals surface area contributed by atoms with Crippen LogP contribution in [-0.2, 0) is 10.8 Å². The van der Waals surface area contributed by atoms with Crippen molar-refractivity contribution in [2.24, 2.45) is 0 Å². The van der Waals surface area contributed by atoms with Crippen LogP contribution in [-0.4, -0.2) is 4.57 Å². The molecule has 0 unspecified atom stereocenters. The van der Waals surface area contributed by atoms with E-state index in [1.807, 2.05) is 0 Å². The standard InChI is InChI=1S/C74H60N2/c1-73(2,3)58-37-43-68-70(47-58)76(60-20-8-7-9-21-60)71-48-59(74(4,5)6)46-69(72(68)71)56-19-14-22-63(45-56)75(62-40-34-51(35-41-62)55-36-42-67-57(44-55)31-30-53-17-11-13-24-65(53)67)61-38-32-50(33-39-61)49-26-28-54(29-27-49)66-25-15-18-52-16-10-12-23-64(52)66/h7-48H,1-6H3. The van der Waals surface area contributed by atoms with Crippen LogP contribution in [0.4, 0.5) is 17.1 Å². The third-order valence-corrected chi connectivity index (χ3v) is 15.7. The number of para-hydroxylation sites is 1. The molecule has 0 amide bonds. The molecule has 366 valence electrons. The van der Waals surface area contributed by atoms with Gasteiger partial charge in [0, 0.05) is 33.5 Å². The highest BCUT2D eigenvalue weighted by Gasteiger charge is 2.25. The van der Waals surface area contributed by atoms with E-state index in [0.29, 0.717) is 0 Å². The molecule has 13 aromatic rings. The smallest absolute Gasteiger partial charge is 0.0550 e. The molecule has 0 saturated carbocycles. The van der Waals surface area contributed by atoms with Gasteiger partial charge >= 0.3 is 0 Å². The van der Waals surface area contributed by atoms with Crippen molar-refractivity contribution in [3.63, 3.8) is 0 Å². The van der Waals surface area contributed by atoms with Gasteiger partial charge in [-0.05, 0) is 172 Å².